The molecule has 112 valence electrons. The second kappa shape index (κ2) is 7.69. The van der Waals surface area contributed by atoms with Crippen LogP contribution in [0.4, 0.5) is 17.1 Å². The van der Waals surface area contributed by atoms with Crippen LogP contribution in [-0.4, -0.2) is 38.8 Å². The van der Waals surface area contributed by atoms with Gasteiger partial charge in [0.1, 0.15) is 0 Å². The molecular weight excluding hydrogens is 258 g/mol. The van der Waals surface area contributed by atoms with E-state index in [1.807, 2.05) is 6.07 Å². The van der Waals surface area contributed by atoms with Crippen molar-refractivity contribution in [3.05, 3.63) is 28.3 Å². The maximum atomic E-state index is 11.0. The summed E-state index contributed by atoms with van der Waals surface area (Å²) in [5.74, 6) is 0.462. The van der Waals surface area contributed by atoms with Crippen LogP contribution < -0.4 is 10.2 Å². The standard InChI is InChI=1S/C14H23N3O3/c1-11(2)10-16(5-6-20-4)13-7-12(15-3)8-14(9-13)17(18)19/h7-9,11,15H,5-6,10H2,1-4H3. The number of anilines is 2. The highest BCUT2D eigenvalue weighted by Crippen LogP contribution is 2.27. The van der Waals surface area contributed by atoms with Gasteiger partial charge in [0.25, 0.3) is 5.69 Å². The van der Waals surface area contributed by atoms with Gasteiger partial charge in [-0.25, -0.2) is 0 Å². The fourth-order valence-electron chi connectivity index (χ4n) is 2.00. The number of nitro benzene ring substituents is 1. The van der Waals surface area contributed by atoms with Crippen molar-refractivity contribution in [1.29, 1.82) is 0 Å². The Labute approximate surface area is 119 Å². The third-order valence-electron chi connectivity index (χ3n) is 2.92. The summed E-state index contributed by atoms with van der Waals surface area (Å²) in [4.78, 5) is 12.8. The first-order chi connectivity index (χ1) is 9.47. The number of non-ortho nitro benzene ring substituents is 1. The number of hydrogen-bond acceptors (Lipinski definition) is 5. The molecule has 1 N–H and O–H groups in total. The minimum absolute atomic E-state index is 0.0954. The van der Waals surface area contributed by atoms with Crippen LogP contribution in [0.2, 0.25) is 0 Å². The van der Waals surface area contributed by atoms with E-state index in [0.29, 0.717) is 19.1 Å². The summed E-state index contributed by atoms with van der Waals surface area (Å²) in [6.07, 6.45) is 0. The molecule has 0 atom stereocenters. The SMILES string of the molecule is CNc1cc(N(CCOC)CC(C)C)cc([N+](=O)[O-])c1. The van der Waals surface area contributed by atoms with E-state index in [2.05, 4.69) is 24.1 Å². The van der Waals surface area contributed by atoms with Gasteiger partial charge in [0.2, 0.25) is 0 Å². The van der Waals surface area contributed by atoms with Crippen LogP contribution in [-0.2, 0) is 4.74 Å². The summed E-state index contributed by atoms with van der Waals surface area (Å²) < 4.78 is 5.12. The molecule has 0 amide bonds. The predicted octanol–water partition coefficient (Wildman–Crippen LogP) is 2.75. The van der Waals surface area contributed by atoms with Crippen LogP contribution in [0.5, 0.6) is 0 Å². The third-order valence-corrected chi connectivity index (χ3v) is 2.92. The molecule has 20 heavy (non-hydrogen) atoms. The monoisotopic (exact) mass is 281 g/mol. The average Bonchev–Trinajstić information content (AvgIpc) is 2.42. The molecule has 0 bridgehead atoms. The zero-order valence-electron chi connectivity index (χ0n) is 12.5. The van der Waals surface area contributed by atoms with E-state index in [-0.39, 0.29) is 10.6 Å². The maximum absolute atomic E-state index is 11.0. The Morgan fingerprint density at radius 3 is 2.60 bits per heavy atom. The van der Waals surface area contributed by atoms with Gasteiger partial charge in [-0.3, -0.25) is 10.1 Å². The van der Waals surface area contributed by atoms with Crippen molar-refractivity contribution in [2.24, 2.45) is 5.92 Å². The Kier molecular flexibility index (Phi) is 6.24. The van der Waals surface area contributed by atoms with E-state index in [0.717, 1.165) is 17.9 Å². The van der Waals surface area contributed by atoms with E-state index in [1.54, 1.807) is 20.2 Å². The van der Waals surface area contributed by atoms with Crippen LogP contribution in [0.1, 0.15) is 13.8 Å². The van der Waals surface area contributed by atoms with Crippen LogP contribution in [0, 0.1) is 16.0 Å². The number of hydrogen-bond donors (Lipinski definition) is 1. The molecule has 0 aromatic heterocycles. The van der Waals surface area contributed by atoms with E-state index in [9.17, 15) is 10.1 Å². The fraction of sp³-hybridized carbons (Fsp3) is 0.571. The minimum atomic E-state index is -0.367. The topological polar surface area (TPSA) is 67.6 Å². The van der Waals surface area contributed by atoms with Gasteiger partial charge in [0.05, 0.1) is 11.5 Å². The normalized spacial score (nSPS) is 10.7. The third kappa shape index (κ3) is 4.70. The summed E-state index contributed by atoms with van der Waals surface area (Å²) in [7, 11) is 3.41. The molecule has 0 unspecified atom stereocenters. The Morgan fingerprint density at radius 2 is 2.10 bits per heavy atom. The number of nitro groups is 1. The molecule has 0 saturated heterocycles. The molecule has 0 spiro atoms. The molecular formula is C14H23N3O3. The summed E-state index contributed by atoms with van der Waals surface area (Å²) in [5, 5.41) is 14.0. The lowest BCUT2D eigenvalue weighted by Crippen LogP contribution is -2.31. The van der Waals surface area contributed by atoms with Gasteiger partial charge >= 0.3 is 0 Å². The van der Waals surface area contributed by atoms with Crippen LogP contribution in [0.3, 0.4) is 0 Å². The Balaban J connectivity index is 3.09. The zero-order valence-corrected chi connectivity index (χ0v) is 12.5. The quantitative estimate of drug-likeness (QED) is 0.586. The molecule has 1 aromatic carbocycles. The molecule has 6 heteroatoms. The second-order valence-electron chi connectivity index (χ2n) is 5.08. The summed E-state index contributed by atoms with van der Waals surface area (Å²) in [6.45, 7) is 6.36. The van der Waals surface area contributed by atoms with Crippen LogP contribution in [0.25, 0.3) is 0 Å². The molecule has 0 heterocycles. The van der Waals surface area contributed by atoms with Gasteiger partial charge in [-0.1, -0.05) is 13.8 Å². The molecule has 0 aliphatic carbocycles. The van der Waals surface area contributed by atoms with Crippen molar-refractivity contribution >= 4 is 17.1 Å². The van der Waals surface area contributed by atoms with E-state index >= 15 is 0 Å². The minimum Gasteiger partial charge on any atom is -0.388 e. The van der Waals surface area contributed by atoms with Crippen molar-refractivity contribution in [1.82, 2.24) is 0 Å². The number of rotatable bonds is 8. The van der Waals surface area contributed by atoms with Crippen molar-refractivity contribution < 1.29 is 9.66 Å². The maximum Gasteiger partial charge on any atom is 0.273 e. The largest absolute Gasteiger partial charge is 0.388 e. The molecule has 1 aromatic rings. The smallest absolute Gasteiger partial charge is 0.273 e. The summed E-state index contributed by atoms with van der Waals surface area (Å²) in [5.41, 5.74) is 1.67. The van der Waals surface area contributed by atoms with Gasteiger partial charge in [0.15, 0.2) is 0 Å². The number of methoxy groups -OCH3 is 1. The van der Waals surface area contributed by atoms with Gasteiger partial charge in [-0.2, -0.15) is 0 Å². The van der Waals surface area contributed by atoms with Gasteiger partial charge < -0.3 is 15.0 Å². The number of nitrogens with one attached hydrogen (secondary N) is 1. The number of ether oxygens (including phenoxy) is 1. The Bertz CT molecular complexity index is 449. The Morgan fingerprint density at radius 1 is 1.40 bits per heavy atom. The van der Waals surface area contributed by atoms with Crippen LogP contribution in [0.15, 0.2) is 18.2 Å². The molecule has 6 nitrogen and oxygen atoms in total. The highest BCUT2D eigenvalue weighted by Gasteiger charge is 2.15. The molecule has 0 aliphatic heterocycles. The van der Waals surface area contributed by atoms with Gasteiger partial charge in [0, 0.05) is 50.8 Å². The van der Waals surface area contributed by atoms with E-state index in [4.69, 9.17) is 4.74 Å². The first-order valence-corrected chi connectivity index (χ1v) is 6.69. The second-order valence-corrected chi connectivity index (χ2v) is 5.08. The number of benzene rings is 1. The van der Waals surface area contributed by atoms with Crippen molar-refractivity contribution in [2.75, 3.05) is 44.1 Å². The lowest BCUT2D eigenvalue weighted by molar-refractivity contribution is -0.384. The first kappa shape index (κ1) is 16.2. The predicted molar refractivity (Wildman–Crippen MR) is 81.6 cm³/mol. The van der Waals surface area contributed by atoms with Crippen LogP contribution >= 0.6 is 0 Å². The molecule has 0 saturated carbocycles. The van der Waals surface area contributed by atoms with Gasteiger partial charge in [-0.15, -0.1) is 0 Å². The highest BCUT2D eigenvalue weighted by molar-refractivity contribution is 5.64. The average molecular weight is 281 g/mol. The zero-order chi connectivity index (χ0) is 15.1. The van der Waals surface area contributed by atoms with Crippen molar-refractivity contribution in [2.45, 2.75) is 13.8 Å². The summed E-state index contributed by atoms with van der Waals surface area (Å²) in [6, 6.07) is 5.07. The molecule has 0 radical (unpaired) electrons. The van der Waals surface area contributed by atoms with Gasteiger partial charge in [-0.05, 0) is 12.0 Å². The number of nitrogens with zero attached hydrogens (tertiary/aromatic N) is 2. The molecule has 1 rings (SSSR count). The summed E-state index contributed by atoms with van der Waals surface area (Å²) >= 11 is 0. The van der Waals surface area contributed by atoms with Crippen molar-refractivity contribution in [3.8, 4) is 0 Å². The van der Waals surface area contributed by atoms with E-state index in [1.165, 1.54) is 6.07 Å². The fourth-order valence-corrected chi connectivity index (χ4v) is 2.00. The Hall–Kier alpha value is -1.82. The highest BCUT2D eigenvalue weighted by atomic mass is 16.6. The van der Waals surface area contributed by atoms with Crippen molar-refractivity contribution in [3.63, 3.8) is 0 Å². The molecule has 0 fully saturated rings. The lowest BCUT2D eigenvalue weighted by atomic mass is 10.1. The molecule has 0 aliphatic rings. The van der Waals surface area contributed by atoms with E-state index < -0.39 is 0 Å². The first-order valence-electron chi connectivity index (χ1n) is 6.69. The lowest BCUT2D eigenvalue weighted by Gasteiger charge is -2.26.